The molecule has 6 heteroatoms. The van der Waals surface area contributed by atoms with Crippen molar-refractivity contribution in [1.82, 2.24) is 14.7 Å². The van der Waals surface area contributed by atoms with Crippen LogP contribution in [0.4, 0.5) is 4.79 Å². The van der Waals surface area contributed by atoms with Gasteiger partial charge in [-0.1, -0.05) is 11.6 Å². The summed E-state index contributed by atoms with van der Waals surface area (Å²) >= 11 is 5.84. The van der Waals surface area contributed by atoms with Crippen LogP contribution in [0, 0.1) is 0 Å². The molecule has 1 aliphatic heterocycles. The van der Waals surface area contributed by atoms with E-state index in [9.17, 15) is 9.59 Å². The predicted molar refractivity (Wildman–Crippen MR) is 92.1 cm³/mol. The zero-order valence-corrected chi connectivity index (χ0v) is 14.6. The smallest absolute Gasteiger partial charge is 0.320 e. The van der Waals surface area contributed by atoms with Crippen LogP contribution in [0.15, 0.2) is 24.3 Å². The molecule has 0 atom stereocenters. The van der Waals surface area contributed by atoms with Crippen LogP contribution in [0.2, 0.25) is 5.02 Å². The second kappa shape index (κ2) is 8.31. The molecular weight excluding hydrogens is 314 g/mol. The molecule has 2 amide bonds. The Morgan fingerprint density at radius 1 is 1.04 bits per heavy atom. The molecule has 0 bridgehead atoms. The molecule has 0 N–H and O–H groups in total. The van der Waals surface area contributed by atoms with Crippen molar-refractivity contribution < 1.29 is 9.59 Å². The maximum absolute atomic E-state index is 12.3. The van der Waals surface area contributed by atoms with E-state index >= 15 is 0 Å². The molecule has 0 saturated carbocycles. The van der Waals surface area contributed by atoms with Gasteiger partial charge < -0.3 is 9.80 Å². The van der Waals surface area contributed by atoms with Crippen molar-refractivity contribution in [2.75, 3.05) is 45.8 Å². The Bertz CT molecular complexity index is 535. The van der Waals surface area contributed by atoms with Crippen molar-refractivity contribution in [3.05, 3.63) is 34.9 Å². The first-order valence-corrected chi connectivity index (χ1v) is 8.48. The molecule has 0 spiro atoms. The minimum atomic E-state index is 0.0881. The Morgan fingerprint density at radius 2 is 1.61 bits per heavy atom. The fourth-order valence-corrected chi connectivity index (χ4v) is 2.85. The van der Waals surface area contributed by atoms with Crippen molar-refractivity contribution in [3.8, 4) is 0 Å². The summed E-state index contributed by atoms with van der Waals surface area (Å²) in [6.45, 7) is 8.61. The summed E-state index contributed by atoms with van der Waals surface area (Å²) in [6, 6.07) is 7.07. The van der Waals surface area contributed by atoms with Gasteiger partial charge in [-0.3, -0.25) is 9.69 Å². The van der Waals surface area contributed by atoms with Gasteiger partial charge in [-0.15, -0.1) is 0 Å². The highest BCUT2D eigenvalue weighted by Gasteiger charge is 2.24. The van der Waals surface area contributed by atoms with Gasteiger partial charge in [-0.25, -0.2) is 4.79 Å². The zero-order valence-electron chi connectivity index (χ0n) is 13.8. The Labute approximate surface area is 142 Å². The van der Waals surface area contributed by atoms with Crippen molar-refractivity contribution in [2.24, 2.45) is 0 Å². The highest BCUT2D eigenvalue weighted by molar-refractivity contribution is 6.30. The number of Topliss-reactive ketones (excluding diaryl/α,β-unsaturated/α-hetero) is 1. The molecule has 1 fully saturated rings. The number of amides is 2. The number of nitrogens with zero attached hydrogens (tertiary/aromatic N) is 3. The first kappa shape index (κ1) is 17.8. The van der Waals surface area contributed by atoms with E-state index in [1.165, 1.54) is 0 Å². The van der Waals surface area contributed by atoms with E-state index in [1.54, 1.807) is 24.3 Å². The van der Waals surface area contributed by atoms with Crippen LogP contribution in [0.25, 0.3) is 0 Å². The first-order chi connectivity index (χ1) is 11.0. The molecule has 5 nitrogen and oxygen atoms in total. The number of halogens is 1. The van der Waals surface area contributed by atoms with Crippen LogP contribution in [0.3, 0.4) is 0 Å². The lowest BCUT2D eigenvalue weighted by Crippen LogP contribution is -2.53. The zero-order chi connectivity index (χ0) is 16.8. The summed E-state index contributed by atoms with van der Waals surface area (Å²) in [4.78, 5) is 30.4. The number of hydrogen-bond donors (Lipinski definition) is 0. The lowest BCUT2D eigenvalue weighted by Gasteiger charge is -2.36. The second-order valence-corrected chi connectivity index (χ2v) is 6.08. The molecule has 0 aliphatic carbocycles. The van der Waals surface area contributed by atoms with Gasteiger partial charge in [-0.2, -0.15) is 0 Å². The number of hydrogen-bond acceptors (Lipinski definition) is 3. The molecule has 1 aromatic rings. The minimum Gasteiger partial charge on any atom is -0.325 e. The summed E-state index contributed by atoms with van der Waals surface area (Å²) in [6.07, 6.45) is 0. The predicted octanol–water partition coefficient (Wildman–Crippen LogP) is 2.60. The summed E-state index contributed by atoms with van der Waals surface area (Å²) in [7, 11) is 0. The fourth-order valence-electron chi connectivity index (χ4n) is 2.72. The van der Waals surface area contributed by atoms with Gasteiger partial charge in [0.25, 0.3) is 0 Å². The van der Waals surface area contributed by atoms with Crippen LogP contribution in [0.5, 0.6) is 0 Å². The fraction of sp³-hybridized carbons (Fsp3) is 0.529. The van der Waals surface area contributed by atoms with Crippen molar-refractivity contribution in [2.45, 2.75) is 13.8 Å². The largest absolute Gasteiger partial charge is 0.325 e. The first-order valence-electron chi connectivity index (χ1n) is 8.10. The monoisotopic (exact) mass is 337 g/mol. The van der Waals surface area contributed by atoms with E-state index < -0.39 is 0 Å². The van der Waals surface area contributed by atoms with Gasteiger partial charge in [-0.05, 0) is 38.1 Å². The highest BCUT2D eigenvalue weighted by Crippen LogP contribution is 2.12. The summed E-state index contributed by atoms with van der Waals surface area (Å²) in [5.74, 6) is 0.0881. The van der Waals surface area contributed by atoms with Crippen LogP contribution in [0.1, 0.15) is 24.2 Å². The Hall–Kier alpha value is -1.59. The van der Waals surface area contributed by atoms with Gasteiger partial charge in [0, 0.05) is 49.9 Å². The maximum atomic E-state index is 12.3. The molecule has 2 rings (SSSR count). The van der Waals surface area contributed by atoms with Crippen LogP contribution < -0.4 is 0 Å². The van der Waals surface area contributed by atoms with Crippen molar-refractivity contribution in [1.29, 1.82) is 0 Å². The lowest BCUT2D eigenvalue weighted by molar-refractivity contribution is 0.0853. The van der Waals surface area contributed by atoms with Gasteiger partial charge in [0.05, 0.1) is 6.54 Å². The topological polar surface area (TPSA) is 43.9 Å². The molecule has 1 heterocycles. The van der Waals surface area contributed by atoms with Gasteiger partial charge in [0.2, 0.25) is 0 Å². The SMILES string of the molecule is CCN(CC)C(=O)N1CCN(CC(=O)c2ccc(Cl)cc2)CC1. The van der Waals surface area contributed by atoms with Gasteiger partial charge in [0.15, 0.2) is 5.78 Å². The standard InChI is InChI=1S/C17H24ClN3O2/c1-3-20(4-2)17(23)21-11-9-19(10-12-21)13-16(22)14-5-7-15(18)8-6-14/h5-8H,3-4,9-13H2,1-2H3. The molecule has 1 aliphatic rings. The Balaban J connectivity index is 1.83. The molecule has 1 saturated heterocycles. The number of ketones is 1. The number of rotatable bonds is 5. The van der Waals surface area contributed by atoms with E-state index in [0.717, 1.165) is 26.2 Å². The van der Waals surface area contributed by atoms with Crippen molar-refractivity contribution >= 4 is 23.4 Å². The molecule has 23 heavy (non-hydrogen) atoms. The number of carbonyl (C=O) groups excluding carboxylic acids is 2. The summed E-state index contributed by atoms with van der Waals surface area (Å²) in [5.41, 5.74) is 0.677. The average Bonchev–Trinajstić information content (AvgIpc) is 2.57. The summed E-state index contributed by atoms with van der Waals surface area (Å²) < 4.78 is 0. The number of carbonyl (C=O) groups is 2. The highest BCUT2D eigenvalue weighted by atomic mass is 35.5. The molecular formula is C17H24ClN3O2. The van der Waals surface area contributed by atoms with E-state index in [4.69, 9.17) is 11.6 Å². The van der Waals surface area contributed by atoms with E-state index in [0.29, 0.717) is 30.2 Å². The van der Waals surface area contributed by atoms with E-state index in [-0.39, 0.29) is 11.8 Å². The molecule has 0 aromatic heterocycles. The van der Waals surface area contributed by atoms with Gasteiger partial charge >= 0.3 is 6.03 Å². The van der Waals surface area contributed by atoms with Gasteiger partial charge in [0.1, 0.15) is 0 Å². The third kappa shape index (κ3) is 4.69. The van der Waals surface area contributed by atoms with Crippen molar-refractivity contribution in [3.63, 3.8) is 0 Å². The Morgan fingerprint density at radius 3 is 2.13 bits per heavy atom. The molecule has 126 valence electrons. The lowest BCUT2D eigenvalue weighted by atomic mass is 10.1. The Kier molecular flexibility index (Phi) is 6.42. The molecule has 0 unspecified atom stereocenters. The van der Waals surface area contributed by atoms with Crippen LogP contribution in [-0.4, -0.2) is 72.3 Å². The van der Waals surface area contributed by atoms with Crippen LogP contribution >= 0.6 is 11.6 Å². The van der Waals surface area contributed by atoms with E-state index in [1.807, 2.05) is 23.6 Å². The maximum Gasteiger partial charge on any atom is 0.320 e. The molecule has 0 radical (unpaired) electrons. The average molecular weight is 338 g/mol. The quantitative estimate of drug-likeness (QED) is 0.776. The third-order valence-corrected chi connectivity index (χ3v) is 4.46. The normalized spacial score (nSPS) is 15.5. The summed E-state index contributed by atoms with van der Waals surface area (Å²) in [5, 5.41) is 0.630. The number of piperazine rings is 1. The number of benzene rings is 1. The molecule has 1 aromatic carbocycles. The van der Waals surface area contributed by atoms with Crippen LogP contribution in [-0.2, 0) is 0 Å². The number of urea groups is 1. The second-order valence-electron chi connectivity index (χ2n) is 5.65. The third-order valence-electron chi connectivity index (χ3n) is 4.21. The minimum absolute atomic E-state index is 0.0881. The van der Waals surface area contributed by atoms with E-state index in [2.05, 4.69) is 4.90 Å².